The number of nitrogens with zero attached hydrogens (tertiary/aromatic N) is 1. The Labute approximate surface area is 141 Å². The standard InChI is InChI=1S/C12H13BrF4N2.2ClH/c13-9-3-1-2-8(10(9)14)11(12(15,16)17)19-6-4-18-5-7-19;;/h1-3,11,18H,4-7H2;2*1H/t11-;;/m1../s1. The predicted molar refractivity (Wildman–Crippen MR) is 81.8 cm³/mol. The van der Waals surface area contributed by atoms with E-state index in [4.69, 9.17) is 0 Å². The van der Waals surface area contributed by atoms with E-state index in [0.29, 0.717) is 13.1 Å². The first kappa shape index (κ1) is 20.9. The van der Waals surface area contributed by atoms with Crippen LogP contribution in [0.4, 0.5) is 17.6 Å². The van der Waals surface area contributed by atoms with Gasteiger partial charge in [-0.1, -0.05) is 12.1 Å². The number of hydrogen-bond donors (Lipinski definition) is 1. The van der Waals surface area contributed by atoms with Gasteiger partial charge in [-0.05, 0) is 22.0 Å². The average Bonchev–Trinajstić information content (AvgIpc) is 2.35. The van der Waals surface area contributed by atoms with Crippen LogP contribution in [0.5, 0.6) is 0 Å². The van der Waals surface area contributed by atoms with Gasteiger partial charge in [0.25, 0.3) is 0 Å². The van der Waals surface area contributed by atoms with Crippen molar-refractivity contribution in [2.45, 2.75) is 12.2 Å². The molecule has 1 aliphatic rings. The second-order valence-corrected chi connectivity index (χ2v) is 5.23. The highest BCUT2D eigenvalue weighted by Crippen LogP contribution is 2.40. The summed E-state index contributed by atoms with van der Waals surface area (Å²) in [6.07, 6.45) is -4.50. The van der Waals surface area contributed by atoms with Crippen LogP contribution < -0.4 is 5.32 Å². The molecule has 1 aromatic carbocycles. The lowest BCUT2D eigenvalue weighted by atomic mass is 10.0. The number of piperazine rings is 1. The lowest BCUT2D eigenvalue weighted by Gasteiger charge is -2.36. The van der Waals surface area contributed by atoms with Gasteiger partial charge < -0.3 is 5.32 Å². The van der Waals surface area contributed by atoms with Gasteiger partial charge in [0.2, 0.25) is 0 Å². The molecule has 0 unspecified atom stereocenters. The summed E-state index contributed by atoms with van der Waals surface area (Å²) >= 11 is 2.93. The van der Waals surface area contributed by atoms with Gasteiger partial charge in [-0.2, -0.15) is 13.2 Å². The SMILES string of the molecule is Cl.Cl.Fc1c(Br)cccc1[C@@H](N1CCNCC1)C(F)(F)F. The first-order valence-electron chi connectivity index (χ1n) is 5.86. The molecule has 0 bridgehead atoms. The summed E-state index contributed by atoms with van der Waals surface area (Å²) in [5.74, 6) is -0.844. The van der Waals surface area contributed by atoms with Gasteiger partial charge in [-0.15, -0.1) is 24.8 Å². The van der Waals surface area contributed by atoms with Crippen LogP contribution >= 0.6 is 40.7 Å². The molecule has 0 amide bonds. The number of rotatable bonds is 2. The van der Waals surface area contributed by atoms with Crippen LogP contribution in [-0.2, 0) is 0 Å². The Hall–Kier alpha value is -0.0800. The van der Waals surface area contributed by atoms with Crippen LogP contribution in [0, 0.1) is 5.82 Å². The van der Waals surface area contributed by atoms with Gasteiger partial charge in [0.1, 0.15) is 11.9 Å². The quantitative estimate of drug-likeness (QED) is 0.738. The summed E-state index contributed by atoms with van der Waals surface area (Å²) in [6.45, 7) is 1.44. The van der Waals surface area contributed by atoms with E-state index in [1.807, 2.05) is 0 Å². The predicted octanol–water partition coefficient (Wildman–Crippen LogP) is 3.94. The van der Waals surface area contributed by atoms with Crippen LogP contribution in [0.3, 0.4) is 0 Å². The van der Waals surface area contributed by atoms with Crippen molar-refractivity contribution in [1.29, 1.82) is 0 Å². The minimum atomic E-state index is -4.50. The zero-order valence-corrected chi connectivity index (χ0v) is 14.0. The van der Waals surface area contributed by atoms with Gasteiger partial charge in [0.05, 0.1) is 4.47 Å². The first-order chi connectivity index (χ1) is 8.91. The molecule has 1 atom stereocenters. The van der Waals surface area contributed by atoms with E-state index in [-0.39, 0.29) is 47.9 Å². The van der Waals surface area contributed by atoms with E-state index >= 15 is 0 Å². The molecule has 9 heteroatoms. The van der Waals surface area contributed by atoms with Crippen molar-refractivity contribution in [2.75, 3.05) is 26.2 Å². The lowest BCUT2D eigenvalue weighted by molar-refractivity contribution is -0.188. The second kappa shape index (κ2) is 8.53. The highest BCUT2D eigenvalue weighted by atomic mass is 79.9. The fraction of sp³-hybridized carbons (Fsp3) is 0.500. The number of benzene rings is 1. The van der Waals surface area contributed by atoms with E-state index in [0.717, 1.165) is 0 Å². The molecule has 0 radical (unpaired) electrons. The fourth-order valence-electron chi connectivity index (χ4n) is 2.25. The Morgan fingerprint density at radius 3 is 2.24 bits per heavy atom. The second-order valence-electron chi connectivity index (χ2n) is 4.37. The van der Waals surface area contributed by atoms with Crippen LogP contribution in [0.15, 0.2) is 22.7 Å². The van der Waals surface area contributed by atoms with E-state index < -0.39 is 18.0 Å². The molecular weight excluding hydrogens is 399 g/mol. The maximum absolute atomic E-state index is 13.9. The number of nitrogens with one attached hydrogen (secondary N) is 1. The van der Waals surface area contributed by atoms with Crippen molar-refractivity contribution in [2.24, 2.45) is 0 Å². The molecule has 1 aromatic rings. The molecule has 0 aromatic heterocycles. The third kappa shape index (κ3) is 4.96. The van der Waals surface area contributed by atoms with E-state index in [1.54, 1.807) is 0 Å². The van der Waals surface area contributed by atoms with Crippen LogP contribution in [0.25, 0.3) is 0 Å². The summed E-state index contributed by atoms with van der Waals surface area (Å²) < 4.78 is 53.8. The normalized spacial score (nSPS) is 17.6. The topological polar surface area (TPSA) is 15.3 Å². The zero-order valence-electron chi connectivity index (χ0n) is 10.8. The van der Waals surface area contributed by atoms with Crippen LogP contribution in [0.2, 0.25) is 0 Å². The average molecular weight is 414 g/mol. The molecule has 1 fully saturated rings. The third-order valence-corrected chi connectivity index (χ3v) is 3.72. The Balaban J connectivity index is 0.00000200. The van der Waals surface area contributed by atoms with Crippen LogP contribution in [0.1, 0.15) is 11.6 Å². The van der Waals surface area contributed by atoms with Gasteiger partial charge in [-0.25, -0.2) is 4.39 Å². The largest absolute Gasteiger partial charge is 0.408 e. The van der Waals surface area contributed by atoms with Gasteiger partial charge in [0, 0.05) is 31.7 Å². The van der Waals surface area contributed by atoms with E-state index in [9.17, 15) is 17.6 Å². The molecule has 21 heavy (non-hydrogen) atoms. The first-order valence-corrected chi connectivity index (χ1v) is 6.66. The molecule has 0 aliphatic carbocycles. The molecule has 2 rings (SSSR count). The van der Waals surface area contributed by atoms with Gasteiger partial charge in [-0.3, -0.25) is 4.90 Å². The van der Waals surface area contributed by atoms with E-state index in [2.05, 4.69) is 21.2 Å². The highest BCUT2D eigenvalue weighted by Gasteiger charge is 2.46. The van der Waals surface area contributed by atoms with Crippen molar-refractivity contribution in [3.63, 3.8) is 0 Å². The summed E-state index contributed by atoms with van der Waals surface area (Å²) in [5.41, 5.74) is -0.330. The summed E-state index contributed by atoms with van der Waals surface area (Å²) in [6, 6.07) is 2.11. The molecule has 0 saturated carbocycles. The number of hydrogen-bond acceptors (Lipinski definition) is 2. The molecule has 0 spiro atoms. The Morgan fingerprint density at radius 2 is 1.71 bits per heavy atom. The molecule has 1 saturated heterocycles. The van der Waals surface area contributed by atoms with Crippen molar-refractivity contribution in [1.82, 2.24) is 10.2 Å². The maximum atomic E-state index is 13.9. The Morgan fingerprint density at radius 1 is 1.14 bits per heavy atom. The van der Waals surface area contributed by atoms with Crippen molar-refractivity contribution < 1.29 is 17.6 Å². The number of halogens is 7. The van der Waals surface area contributed by atoms with Crippen molar-refractivity contribution in [3.8, 4) is 0 Å². The van der Waals surface area contributed by atoms with Crippen molar-refractivity contribution >= 4 is 40.7 Å². The zero-order chi connectivity index (χ0) is 14.0. The third-order valence-electron chi connectivity index (χ3n) is 3.10. The fourth-order valence-corrected chi connectivity index (χ4v) is 2.63. The lowest BCUT2D eigenvalue weighted by Crippen LogP contribution is -2.49. The summed E-state index contributed by atoms with van der Waals surface area (Å²) in [4.78, 5) is 1.27. The Kier molecular flexibility index (Phi) is 8.49. The van der Waals surface area contributed by atoms with Crippen molar-refractivity contribution in [3.05, 3.63) is 34.1 Å². The molecule has 2 nitrogen and oxygen atoms in total. The summed E-state index contributed by atoms with van der Waals surface area (Å²) in [7, 11) is 0. The molecule has 122 valence electrons. The smallest absolute Gasteiger partial charge is 0.314 e. The highest BCUT2D eigenvalue weighted by molar-refractivity contribution is 9.10. The molecule has 1 aliphatic heterocycles. The molecular formula is C12H15BrCl2F4N2. The summed E-state index contributed by atoms with van der Waals surface area (Å²) in [5, 5.41) is 2.99. The van der Waals surface area contributed by atoms with Crippen LogP contribution in [-0.4, -0.2) is 37.3 Å². The maximum Gasteiger partial charge on any atom is 0.408 e. The molecule has 1 heterocycles. The monoisotopic (exact) mass is 412 g/mol. The van der Waals surface area contributed by atoms with E-state index in [1.165, 1.54) is 23.1 Å². The minimum Gasteiger partial charge on any atom is -0.314 e. The van der Waals surface area contributed by atoms with Gasteiger partial charge >= 0.3 is 6.18 Å². The Bertz CT molecular complexity index is 453. The number of alkyl halides is 3. The minimum absolute atomic E-state index is 0. The van der Waals surface area contributed by atoms with Gasteiger partial charge in [0.15, 0.2) is 0 Å². The molecule has 1 N–H and O–H groups in total.